The van der Waals surface area contributed by atoms with Crippen LogP contribution in [-0.2, 0) is 14.6 Å². The van der Waals surface area contributed by atoms with Crippen LogP contribution in [0.3, 0.4) is 0 Å². The van der Waals surface area contributed by atoms with Gasteiger partial charge in [-0.2, -0.15) is 0 Å². The Kier molecular flexibility index (Phi) is 5.82. The van der Waals surface area contributed by atoms with E-state index in [1.807, 2.05) is 13.8 Å². The second-order valence-corrected chi connectivity index (χ2v) is 7.17. The molecular weight excluding hydrogens is 286 g/mol. The summed E-state index contributed by atoms with van der Waals surface area (Å²) in [6.07, 6.45) is 0.826. The maximum Gasteiger partial charge on any atom is 0.235 e. The zero-order valence-corrected chi connectivity index (χ0v) is 12.6. The van der Waals surface area contributed by atoms with E-state index < -0.39 is 21.5 Å². The van der Waals surface area contributed by atoms with Crippen molar-refractivity contribution in [1.29, 1.82) is 0 Å². The van der Waals surface area contributed by atoms with Crippen molar-refractivity contribution >= 4 is 27.3 Å². The van der Waals surface area contributed by atoms with Gasteiger partial charge in [0, 0.05) is 11.6 Å². The number of hydrogen-bond acceptors (Lipinski definition) is 3. The van der Waals surface area contributed by atoms with Gasteiger partial charge in [-0.25, -0.2) is 8.42 Å². The third-order valence-electron chi connectivity index (χ3n) is 2.54. The maximum atomic E-state index is 11.9. The lowest BCUT2D eigenvalue weighted by Crippen LogP contribution is -2.31. The van der Waals surface area contributed by atoms with Gasteiger partial charge in [0.25, 0.3) is 0 Å². The molecule has 0 bridgehead atoms. The summed E-state index contributed by atoms with van der Waals surface area (Å²) in [6.45, 7) is 4.57. The van der Waals surface area contributed by atoms with Gasteiger partial charge in [-0.05, 0) is 36.6 Å². The van der Waals surface area contributed by atoms with E-state index in [0.717, 1.165) is 6.42 Å². The van der Waals surface area contributed by atoms with Gasteiger partial charge in [-0.15, -0.1) is 0 Å². The average molecular weight is 304 g/mol. The van der Waals surface area contributed by atoms with Crippen molar-refractivity contribution in [1.82, 2.24) is 5.32 Å². The topological polar surface area (TPSA) is 63.2 Å². The summed E-state index contributed by atoms with van der Waals surface area (Å²) in [5, 5.41) is 3.07. The molecule has 106 valence electrons. The fraction of sp³-hybridized carbons (Fsp3) is 0.462. The summed E-state index contributed by atoms with van der Waals surface area (Å²) in [5.74, 6) is -0.545. The van der Waals surface area contributed by atoms with Crippen molar-refractivity contribution in [3.05, 3.63) is 29.3 Å². The Bertz CT molecular complexity index is 523. The second kappa shape index (κ2) is 6.91. The number of benzene rings is 1. The summed E-state index contributed by atoms with van der Waals surface area (Å²) in [7, 11) is -3.60. The molecule has 0 aliphatic heterocycles. The SMILES string of the molecule is CC(C)CCNC(=O)CS(=O)(=O)c1ccc(Cl)cc1. The molecule has 0 fully saturated rings. The van der Waals surface area contributed by atoms with Crippen molar-refractivity contribution in [2.75, 3.05) is 12.3 Å². The summed E-state index contributed by atoms with van der Waals surface area (Å²) in [6, 6.07) is 5.79. The summed E-state index contributed by atoms with van der Waals surface area (Å²) >= 11 is 5.69. The largest absolute Gasteiger partial charge is 0.355 e. The molecule has 0 atom stereocenters. The Morgan fingerprint density at radius 2 is 1.84 bits per heavy atom. The van der Waals surface area contributed by atoms with Gasteiger partial charge in [0.1, 0.15) is 5.75 Å². The first-order valence-corrected chi connectivity index (χ1v) is 8.09. The molecule has 0 aromatic heterocycles. The van der Waals surface area contributed by atoms with Crippen molar-refractivity contribution in [3.63, 3.8) is 0 Å². The number of carbonyl (C=O) groups excluding carboxylic acids is 1. The lowest BCUT2D eigenvalue weighted by molar-refractivity contribution is -0.118. The number of amides is 1. The highest BCUT2D eigenvalue weighted by Crippen LogP contribution is 2.15. The molecule has 0 saturated carbocycles. The Hall–Kier alpha value is -1.07. The van der Waals surface area contributed by atoms with Crippen LogP contribution in [0.4, 0.5) is 0 Å². The molecule has 0 saturated heterocycles. The van der Waals surface area contributed by atoms with Crippen LogP contribution in [0.15, 0.2) is 29.2 Å². The normalized spacial score (nSPS) is 11.6. The fourth-order valence-corrected chi connectivity index (χ4v) is 2.74. The molecule has 0 aliphatic rings. The molecule has 0 heterocycles. The quantitative estimate of drug-likeness (QED) is 0.877. The predicted octanol–water partition coefficient (Wildman–Crippen LogP) is 2.28. The molecule has 1 amide bonds. The van der Waals surface area contributed by atoms with Gasteiger partial charge in [0.05, 0.1) is 4.90 Å². The number of halogens is 1. The predicted molar refractivity (Wildman–Crippen MR) is 76.0 cm³/mol. The van der Waals surface area contributed by atoms with Gasteiger partial charge < -0.3 is 5.32 Å². The third-order valence-corrected chi connectivity index (χ3v) is 4.42. The van der Waals surface area contributed by atoms with E-state index in [0.29, 0.717) is 17.5 Å². The molecule has 1 aromatic rings. The third kappa shape index (κ3) is 5.61. The first-order chi connectivity index (χ1) is 8.81. The minimum absolute atomic E-state index is 0.107. The van der Waals surface area contributed by atoms with E-state index in [1.54, 1.807) is 0 Å². The Morgan fingerprint density at radius 1 is 1.26 bits per heavy atom. The van der Waals surface area contributed by atoms with Crippen molar-refractivity contribution in [2.45, 2.75) is 25.2 Å². The molecule has 0 aliphatic carbocycles. The summed E-state index contributed by atoms with van der Waals surface area (Å²) < 4.78 is 23.9. The smallest absolute Gasteiger partial charge is 0.235 e. The Balaban J connectivity index is 2.59. The number of rotatable bonds is 6. The number of sulfone groups is 1. The number of carbonyl (C=O) groups is 1. The Morgan fingerprint density at radius 3 is 2.37 bits per heavy atom. The van der Waals surface area contributed by atoms with Crippen LogP contribution in [0.1, 0.15) is 20.3 Å². The molecule has 4 nitrogen and oxygen atoms in total. The zero-order chi connectivity index (χ0) is 14.5. The molecule has 0 unspecified atom stereocenters. The summed E-state index contributed by atoms with van der Waals surface area (Å²) in [4.78, 5) is 11.7. The van der Waals surface area contributed by atoms with E-state index in [4.69, 9.17) is 11.6 Å². The lowest BCUT2D eigenvalue weighted by Gasteiger charge is -2.08. The highest BCUT2D eigenvalue weighted by atomic mass is 35.5. The van der Waals surface area contributed by atoms with Crippen LogP contribution in [0.2, 0.25) is 5.02 Å². The molecule has 0 spiro atoms. The minimum atomic E-state index is -3.60. The van der Waals surface area contributed by atoms with Crippen LogP contribution in [0, 0.1) is 5.92 Å². The van der Waals surface area contributed by atoms with E-state index in [2.05, 4.69) is 5.32 Å². The molecule has 1 rings (SSSR count). The highest BCUT2D eigenvalue weighted by molar-refractivity contribution is 7.92. The maximum absolute atomic E-state index is 11.9. The molecule has 6 heteroatoms. The van der Waals surface area contributed by atoms with Crippen LogP contribution in [0.25, 0.3) is 0 Å². The standard InChI is InChI=1S/C13H18ClNO3S/c1-10(2)7-8-15-13(16)9-19(17,18)12-5-3-11(14)4-6-12/h3-6,10H,7-9H2,1-2H3,(H,15,16). The monoisotopic (exact) mass is 303 g/mol. The zero-order valence-electron chi connectivity index (χ0n) is 11.0. The van der Waals surface area contributed by atoms with Crippen LogP contribution in [0.5, 0.6) is 0 Å². The Labute approximate surface area is 119 Å². The summed E-state index contributed by atoms with van der Waals surface area (Å²) in [5.41, 5.74) is 0. The number of hydrogen-bond donors (Lipinski definition) is 1. The van der Waals surface area contributed by atoms with E-state index in [-0.39, 0.29) is 4.90 Å². The fourth-order valence-electron chi connectivity index (χ4n) is 1.45. The minimum Gasteiger partial charge on any atom is -0.355 e. The van der Waals surface area contributed by atoms with Gasteiger partial charge in [-0.3, -0.25) is 4.79 Å². The van der Waals surface area contributed by atoms with Gasteiger partial charge in [-0.1, -0.05) is 25.4 Å². The first-order valence-electron chi connectivity index (χ1n) is 6.06. The first kappa shape index (κ1) is 16.0. The lowest BCUT2D eigenvalue weighted by atomic mass is 10.1. The van der Waals surface area contributed by atoms with Crippen molar-refractivity contribution in [3.8, 4) is 0 Å². The molecular formula is C13H18ClNO3S. The highest BCUT2D eigenvalue weighted by Gasteiger charge is 2.18. The molecule has 1 aromatic carbocycles. The van der Waals surface area contributed by atoms with Crippen LogP contribution in [-0.4, -0.2) is 26.6 Å². The molecule has 19 heavy (non-hydrogen) atoms. The van der Waals surface area contributed by atoms with E-state index >= 15 is 0 Å². The molecule has 1 N–H and O–H groups in total. The number of nitrogens with one attached hydrogen (secondary N) is 1. The molecule has 0 radical (unpaired) electrons. The average Bonchev–Trinajstić information content (AvgIpc) is 2.28. The van der Waals surface area contributed by atoms with Crippen molar-refractivity contribution in [2.24, 2.45) is 5.92 Å². The van der Waals surface area contributed by atoms with Gasteiger partial charge >= 0.3 is 0 Å². The van der Waals surface area contributed by atoms with Crippen LogP contribution >= 0.6 is 11.6 Å². The van der Waals surface area contributed by atoms with Crippen LogP contribution < -0.4 is 5.32 Å². The van der Waals surface area contributed by atoms with Gasteiger partial charge in [0.2, 0.25) is 5.91 Å². The van der Waals surface area contributed by atoms with E-state index in [1.165, 1.54) is 24.3 Å². The second-order valence-electron chi connectivity index (χ2n) is 4.75. The van der Waals surface area contributed by atoms with E-state index in [9.17, 15) is 13.2 Å². The van der Waals surface area contributed by atoms with Gasteiger partial charge in [0.15, 0.2) is 9.84 Å². The van der Waals surface area contributed by atoms with Crippen molar-refractivity contribution < 1.29 is 13.2 Å².